The zero-order valence-corrected chi connectivity index (χ0v) is 18.6. The van der Waals surface area contributed by atoms with E-state index in [2.05, 4.69) is 5.32 Å². The number of carbonyl (C=O) groups excluding carboxylic acids is 2. The highest BCUT2D eigenvalue weighted by Crippen LogP contribution is 2.21. The van der Waals surface area contributed by atoms with Gasteiger partial charge in [0.1, 0.15) is 6.04 Å². The SMILES string of the molecule is CCC(C(=O)NCC(C)C)N(Cc1ccccc1Cl)C(=O)Cc1ccc(Cl)cc1. The van der Waals surface area contributed by atoms with Gasteiger partial charge >= 0.3 is 0 Å². The molecule has 2 aromatic rings. The Bertz CT molecular complexity index is 822. The van der Waals surface area contributed by atoms with E-state index in [0.717, 1.165) is 11.1 Å². The van der Waals surface area contributed by atoms with Crippen LogP contribution in [0.2, 0.25) is 10.0 Å². The number of amides is 2. The van der Waals surface area contributed by atoms with Crippen molar-refractivity contribution in [2.45, 2.75) is 46.2 Å². The van der Waals surface area contributed by atoms with Crippen molar-refractivity contribution in [3.8, 4) is 0 Å². The van der Waals surface area contributed by atoms with Crippen LogP contribution in [0.5, 0.6) is 0 Å². The molecule has 0 aromatic heterocycles. The minimum atomic E-state index is -0.565. The molecule has 29 heavy (non-hydrogen) atoms. The van der Waals surface area contributed by atoms with Crippen LogP contribution in [-0.4, -0.2) is 29.3 Å². The monoisotopic (exact) mass is 434 g/mol. The van der Waals surface area contributed by atoms with Gasteiger partial charge in [0.05, 0.1) is 6.42 Å². The van der Waals surface area contributed by atoms with Crippen LogP contribution in [-0.2, 0) is 22.6 Å². The van der Waals surface area contributed by atoms with E-state index >= 15 is 0 Å². The molecule has 2 rings (SSSR count). The number of benzene rings is 2. The molecular formula is C23H28Cl2N2O2. The lowest BCUT2D eigenvalue weighted by Crippen LogP contribution is -2.50. The molecule has 0 aliphatic carbocycles. The van der Waals surface area contributed by atoms with E-state index in [1.807, 2.05) is 51.1 Å². The lowest BCUT2D eigenvalue weighted by molar-refractivity contribution is -0.141. The molecule has 0 aliphatic rings. The first-order valence-corrected chi connectivity index (χ1v) is 10.6. The van der Waals surface area contributed by atoms with Crippen molar-refractivity contribution in [1.29, 1.82) is 0 Å². The molecule has 0 heterocycles. The third-order valence-electron chi connectivity index (χ3n) is 4.64. The zero-order valence-electron chi connectivity index (χ0n) is 17.1. The quantitative estimate of drug-likeness (QED) is 0.595. The Morgan fingerprint density at radius 1 is 1.03 bits per heavy atom. The number of hydrogen-bond acceptors (Lipinski definition) is 2. The van der Waals surface area contributed by atoms with Gasteiger partial charge in [0.2, 0.25) is 11.8 Å². The van der Waals surface area contributed by atoms with Gasteiger partial charge < -0.3 is 10.2 Å². The predicted molar refractivity (Wildman–Crippen MR) is 119 cm³/mol. The summed E-state index contributed by atoms with van der Waals surface area (Å²) in [6.07, 6.45) is 0.705. The smallest absolute Gasteiger partial charge is 0.242 e. The molecule has 1 unspecified atom stereocenters. The fourth-order valence-electron chi connectivity index (χ4n) is 3.03. The molecule has 0 spiro atoms. The van der Waals surface area contributed by atoms with Crippen molar-refractivity contribution in [2.75, 3.05) is 6.54 Å². The first-order valence-electron chi connectivity index (χ1n) is 9.86. The molecule has 0 fully saturated rings. The van der Waals surface area contributed by atoms with Crippen molar-refractivity contribution in [3.05, 3.63) is 69.7 Å². The maximum absolute atomic E-state index is 13.2. The number of nitrogens with one attached hydrogen (secondary N) is 1. The maximum atomic E-state index is 13.2. The van der Waals surface area contributed by atoms with Gasteiger partial charge in [-0.25, -0.2) is 0 Å². The van der Waals surface area contributed by atoms with Crippen molar-refractivity contribution >= 4 is 35.0 Å². The lowest BCUT2D eigenvalue weighted by atomic mass is 10.1. The van der Waals surface area contributed by atoms with Crippen molar-refractivity contribution in [2.24, 2.45) is 5.92 Å². The van der Waals surface area contributed by atoms with Gasteiger partial charge in [-0.05, 0) is 41.7 Å². The Balaban J connectivity index is 2.27. The van der Waals surface area contributed by atoms with Gasteiger partial charge in [-0.3, -0.25) is 9.59 Å². The van der Waals surface area contributed by atoms with Crippen molar-refractivity contribution < 1.29 is 9.59 Å². The number of halogens is 2. The van der Waals surface area contributed by atoms with Gasteiger partial charge in [-0.15, -0.1) is 0 Å². The van der Waals surface area contributed by atoms with Crippen LogP contribution in [0, 0.1) is 5.92 Å². The average molecular weight is 435 g/mol. The molecule has 1 N–H and O–H groups in total. The molecular weight excluding hydrogens is 407 g/mol. The predicted octanol–water partition coefficient (Wildman–Crippen LogP) is 5.12. The van der Waals surface area contributed by atoms with Crippen LogP contribution in [0.4, 0.5) is 0 Å². The molecule has 4 nitrogen and oxygen atoms in total. The molecule has 6 heteroatoms. The third-order valence-corrected chi connectivity index (χ3v) is 5.26. The first-order chi connectivity index (χ1) is 13.8. The van der Waals surface area contributed by atoms with Crippen molar-refractivity contribution in [1.82, 2.24) is 10.2 Å². The Morgan fingerprint density at radius 2 is 1.69 bits per heavy atom. The summed E-state index contributed by atoms with van der Waals surface area (Å²) in [5.74, 6) is 0.0646. The summed E-state index contributed by atoms with van der Waals surface area (Å²) in [5.41, 5.74) is 1.66. The van der Waals surface area contributed by atoms with E-state index in [0.29, 0.717) is 28.9 Å². The highest BCUT2D eigenvalue weighted by Gasteiger charge is 2.29. The molecule has 0 radical (unpaired) electrons. The first kappa shape index (κ1) is 23.2. The van der Waals surface area contributed by atoms with Crippen LogP contribution < -0.4 is 5.32 Å². The molecule has 0 saturated carbocycles. The van der Waals surface area contributed by atoms with Crippen molar-refractivity contribution in [3.63, 3.8) is 0 Å². The van der Waals surface area contributed by atoms with E-state index in [4.69, 9.17) is 23.2 Å². The van der Waals surface area contributed by atoms with E-state index < -0.39 is 6.04 Å². The number of carbonyl (C=O) groups is 2. The van der Waals surface area contributed by atoms with Crippen LogP contribution in [0.3, 0.4) is 0 Å². The second kappa shape index (κ2) is 11.2. The minimum Gasteiger partial charge on any atom is -0.354 e. The number of hydrogen-bond donors (Lipinski definition) is 1. The topological polar surface area (TPSA) is 49.4 Å². The third kappa shape index (κ3) is 7.06. The summed E-state index contributed by atoms with van der Waals surface area (Å²) in [7, 11) is 0. The molecule has 0 bridgehead atoms. The molecule has 0 saturated heterocycles. The van der Waals surface area contributed by atoms with Crippen LogP contribution >= 0.6 is 23.2 Å². The summed E-state index contributed by atoms with van der Waals surface area (Å²) >= 11 is 12.3. The number of rotatable bonds is 9. The highest BCUT2D eigenvalue weighted by atomic mass is 35.5. The second-order valence-electron chi connectivity index (χ2n) is 7.48. The summed E-state index contributed by atoms with van der Waals surface area (Å²) in [6, 6.07) is 14.0. The Morgan fingerprint density at radius 3 is 2.28 bits per heavy atom. The molecule has 156 valence electrons. The highest BCUT2D eigenvalue weighted by molar-refractivity contribution is 6.31. The number of nitrogens with zero attached hydrogens (tertiary/aromatic N) is 1. The summed E-state index contributed by atoms with van der Waals surface area (Å²) in [5, 5.41) is 4.15. The average Bonchev–Trinajstić information content (AvgIpc) is 2.69. The van der Waals surface area contributed by atoms with Gasteiger partial charge in [-0.1, -0.05) is 74.3 Å². The summed E-state index contributed by atoms with van der Waals surface area (Å²) in [4.78, 5) is 27.7. The minimum absolute atomic E-state index is 0.126. The zero-order chi connectivity index (χ0) is 21.4. The molecule has 2 aromatic carbocycles. The Kier molecular flexibility index (Phi) is 8.99. The van der Waals surface area contributed by atoms with Crippen LogP contribution in [0.1, 0.15) is 38.3 Å². The fourth-order valence-corrected chi connectivity index (χ4v) is 3.35. The van der Waals surface area contributed by atoms with Gasteiger partial charge in [0.25, 0.3) is 0 Å². The van der Waals surface area contributed by atoms with E-state index in [-0.39, 0.29) is 24.8 Å². The second-order valence-corrected chi connectivity index (χ2v) is 8.32. The van der Waals surface area contributed by atoms with E-state index in [1.54, 1.807) is 23.1 Å². The fraction of sp³-hybridized carbons (Fsp3) is 0.391. The summed E-state index contributed by atoms with van der Waals surface area (Å²) < 4.78 is 0. The Labute approximate surface area is 183 Å². The van der Waals surface area contributed by atoms with Gasteiger partial charge in [0.15, 0.2) is 0 Å². The molecule has 2 amide bonds. The largest absolute Gasteiger partial charge is 0.354 e. The Hall–Kier alpha value is -2.04. The van der Waals surface area contributed by atoms with E-state index in [9.17, 15) is 9.59 Å². The normalized spacial score (nSPS) is 11.9. The van der Waals surface area contributed by atoms with Gasteiger partial charge in [-0.2, -0.15) is 0 Å². The maximum Gasteiger partial charge on any atom is 0.242 e. The lowest BCUT2D eigenvalue weighted by Gasteiger charge is -2.31. The van der Waals surface area contributed by atoms with Gasteiger partial charge in [0, 0.05) is 23.1 Å². The molecule has 0 aliphatic heterocycles. The standard InChI is InChI=1S/C23H28Cl2N2O2/c1-4-21(23(29)26-14-16(2)3)27(15-18-7-5-6-8-20(18)25)22(28)13-17-9-11-19(24)12-10-17/h5-12,16,21H,4,13-15H2,1-3H3,(H,26,29). The van der Waals surface area contributed by atoms with E-state index in [1.165, 1.54) is 0 Å². The molecule has 1 atom stereocenters. The van der Waals surface area contributed by atoms with Crippen LogP contribution in [0.25, 0.3) is 0 Å². The van der Waals surface area contributed by atoms with Crippen LogP contribution in [0.15, 0.2) is 48.5 Å². The summed E-state index contributed by atoms with van der Waals surface area (Å²) in [6.45, 7) is 6.83.